The molecule has 0 saturated heterocycles. The number of rotatable bonds is 4. The zero-order valence-corrected chi connectivity index (χ0v) is 11.9. The van der Waals surface area contributed by atoms with E-state index in [2.05, 4.69) is 29.2 Å². The molecule has 0 amide bonds. The van der Waals surface area contributed by atoms with Crippen molar-refractivity contribution in [3.63, 3.8) is 0 Å². The van der Waals surface area contributed by atoms with Crippen LogP contribution in [0.15, 0.2) is 54.9 Å². The van der Waals surface area contributed by atoms with Gasteiger partial charge in [-0.15, -0.1) is 0 Å². The molecule has 1 aromatic carbocycles. The van der Waals surface area contributed by atoms with Gasteiger partial charge in [-0.1, -0.05) is 18.2 Å². The maximum absolute atomic E-state index is 8.80. The molecule has 3 rings (SSSR count). The van der Waals surface area contributed by atoms with Gasteiger partial charge >= 0.3 is 0 Å². The molecule has 4 heteroatoms. The Labute approximate surface area is 123 Å². The summed E-state index contributed by atoms with van der Waals surface area (Å²) in [4.78, 5) is 6.81. The van der Waals surface area contributed by atoms with E-state index in [-0.39, 0.29) is 0 Å². The van der Waals surface area contributed by atoms with Gasteiger partial charge in [-0.3, -0.25) is 4.90 Å². The Bertz CT molecular complexity index is 747. The Morgan fingerprint density at radius 3 is 2.67 bits per heavy atom. The van der Waals surface area contributed by atoms with Crippen LogP contribution in [0, 0.1) is 11.3 Å². The van der Waals surface area contributed by atoms with Crippen LogP contribution in [-0.2, 0) is 13.1 Å². The summed E-state index contributed by atoms with van der Waals surface area (Å²) in [7, 11) is 2.07. The summed E-state index contributed by atoms with van der Waals surface area (Å²) in [5, 5.41) is 8.80. The summed E-state index contributed by atoms with van der Waals surface area (Å²) in [6, 6.07) is 15.8. The van der Waals surface area contributed by atoms with Gasteiger partial charge in [-0.25, -0.2) is 4.98 Å². The van der Waals surface area contributed by atoms with Gasteiger partial charge in [0.25, 0.3) is 0 Å². The highest BCUT2D eigenvalue weighted by atomic mass is 15.1. The molecule has 0 aliphatic carbocycles. The van der Waals surface area contributed by atoms with Crippen molar-refractivity contribution in [3.8, 4) is 6.07 Å². The smallest absolute Gasteiger partial charge is 0.137 e. The number of benzene rings is 1. The Morgan fingerprint density at radius 2 is 1.95 bits per heavy atom. The molecular formula is C17H16N4. The van der Waals surface area contributed by atoms with Crippen molar-refractivity contribution in [1.29, 1.82) is 5.26 Å². The molecule has 0 radical (unpaired) electrons. The van der Waals surface area contributed by atoms with Gasteiger partial charge in [-0.05, 0) is 36.9 Å². The van der Waals surface area contributed by atoms with Crippen LogP contribution in [0.5, 0.6) is 0 Å². The molecule has 0 unspecified atom stereocenters. The van der Waals surface area contributed by atoms with E-state index in [4.69, 9.17) is 5.26 Å². The van der Waals surface area contributed by atoms with E-state index in [1.807, 2.05) is 53.1 Å². The van der Waals surface area contributed by atoms with Crippen LogP contribution in [0.1, 0.15) is 16.8 Å². The molecule has 4 nitrogen and oxygen atoms in total. The van der Waals surface area contributed by atoms with Crippen molar-refractivity contribution in [3.05, 3.63) is 71.7 Å². The molecular weight excluding hydrogens is 260 g/mol. The highest BCUT2D eigenvalue weighted by molar-refractivity contribution is 5.39. The minimum absolute atomic E-state index is 0.696. The van der Waals surface area contributed by atoms with Crippen LogP contribution < -0.4 is 0 Å². The normalized spacial score (nSPS) is 10.9. The van der Waals surface area contributed by atoms with E-state index in [0.29, 0.717) is 5.56 Å². The first kappa shape index (κ1) is 13.3. The first-order valence-electron chi connectivity index (χ1n) is 6.85. The summed E-state index contributed by atoms with van der Waals surface area (Å²) >= 11 is 0. The lowest BCUT2D eigenvalue weighted by Crippen LogP contribution is -2.17. The number of hydrogen-bond donors (Lipinski definition) is 0. The van der Waals surface area contributed by atoms with Crippen LogP contribution >= 0.6 is 0 Å². The van der Waals surface area contributed by atoms with Crippen molar-refractivity contribution in [2.45, 2.75) is 13.1 Å². The van der Waals surface area contributed by atoms with Gasteiger partial charge in [0, 0.05) is 25.5 Å². The predicted octanol–water partition coefficient (Wildman–Crippen LogP) is 2.84. The molecule has 0 N–H and O–H groups in total. The van der Waals surface area contributed by atoms with Crippen LogP contribution in [0.4, 0.5) is 0 Å². The fourth-order valence-corrected chi connectivity index (χ4v) is 2.39. The second-order valence-electron chi connectivity index (χ2n) is 5.18. The largest absolute Gasteiger partial charge is 0.307 e. The topological polar surface area (TPSA) is 44.3 Å². The molecule has 2 heterocycles. The zero-order chi connectivity index (χ0) is 14.7. The fraction of sp³-hybridized carbons (Fsp3) is 0.176. The molecule has 0 aliphatic heterocycles. The van der Waals surface area contributed by atoms with Crippen LogP contribution in [0.2, 0.25) is 0 Å². The van der Waals surface area contributed by atoms with Crippen molar-refractivity contribution in [2.75, 3.05) is 7.05 Å². The second-order valence-corrected chi connectivity index (χ2v) is 5.18. The number of fused-ring (bicyclic) bond motifs is 1. The Balaban J connectivity index is 1.67. The van der Waals surface area contributed by atoms with Crippen molar-refractivity contribution in [1.82, 2.24) is 14.3 Å². The van der Waals surface area contributed by atoms with Gasteiger partial charge in [-0.2, -0.15) is 5.26 Å². The number of nitrogens with zero attached hydrogens (tertiary/aromatic N) is 4. The SMILES string of the molecule is CN(Cc1ccc(C#N)cc1)Cc1cn2ccccc2n1. The monoisotopic (exact) mass is 276 g/mol. The highest BCUT2D eigenvalue weighted by Crippen LogP contribution is 2.10. The molecule has 104 valence electrons. The Kier molecular flexibility index (Phi) is 3.67. The Hall–Kier alpha value is -2.64. The van der Waals surface area contributed by atoms with Crippen molar-refractivity contribution < 1.29 is 0 Å². The van der Waals surface area contributed by atoms with Crippen LogP contribution in [-0.4, -0.2) is 21.3 Å². The minimum Gasteiger partial charge on any atom is -0.307 e. The van der Waals surface area contributed by atoms with Gasteiger partial charge < -0.3 is 4.40 Å². The maximum Gasteiger partial charge on any atom is 0.137 e. The van der Waals surface area contributed by atoms with E-state index in [1.165, 1.54) is 5.56 Å². The highest BCUT2D eigenvalue weighted by Gasteiger charge is 2.06. The zero-order valence-electron chi connectivity index (χ0n) is 11.9. The summed E-state index contributed by atoms with van der Waals surface area (Å²) in [6.45, 7) is 1.63. The van der Waals surface area contributed by atoms with Gasteiger partial charge in [0.05, 0.1) is 17.3 Å². The minimum atomic E-state index is 0.696. The molecule has 0 spiro atoms. The summed E-state index contributed by atoms with van der Waals surface area (Å²) in [5.41, 5.74) is 3.92. The summed E-state index contributed by atoms with van der Waals surface area (Å²) < 4.78 is 2.03. The molecule has 21 heavy (non-hydrogen) atoms. The molecule has 0 saturated carbocycles. The number of pyridine rings is 1. The molecule has 2 aromatic heterocycles. The fourth-order valence-electron chi connectivity index (χ4n) is 2.39. The molecule has 0 fully saturated rings. The quantitative estimate of drug-likeness (QED) is 0.736. The van der Waals surface area contributed by atoms with Crippen molar-refractivity contribution >= 4 is 5.65 Å². The second kappa shape index (κ2) is 5.78. The number of hydrogen-bond acceptors (Lipinski definition) is 3. The van der Waals surface area contributed by atoms with E-state index < -0.39 is 0 Å². The van der Waals surface area contributed by atoms with Crippen LogP contribution in [0.3, 0.4) is 0 Å². The van der Waals surface area contributed by atoms with E-state index in [9.17, 15) is 0 Å². The molecule has 0 aliphatic rings. The number of imidazole rings is 1. The number of nitriles is 1. The summed E-state index contributed by atoms with van der Waals surface area (Å²) in [5.74, 6) is 0. The van der Waals surface area contributed by atoms with Gasteiger partial charge in [0.15, 0.2) is 0 Å². The lowest BCUT2D eigenvalue weighted by molar-refractivity contribution is 0.315. The average molecular weight is 276 g/mol. The first-order chi connectivity index (χ1) is 10.2. The average Bonchev–Trinajstić information content (AvgIpc) is 2.90. The lowest BCUT2D eigenvalue weighted by atomic mass is 10.1. The van der Waals surface area contributed by atoms with Crippen molar-refractivity contribution in [2.24, 2.45) is 0 Å². The lowest BCUT2D eigenvalue weighted by Gasteiger charge is -2.15. The molecule has 0 bridgehead atoms. The third-order valence-corrected chi connectivity index (χ3v) is 3.38. The third kappa shape index (κ3) is 3.10. The predicted molar refractivity (Wildman–Crippen MR) is 81.5 cm³/mol. The first-order valence-corrected chi connectivity index (χ1v) is 6.85. The van der Waals surface area contributed by atoms with Gasteiger partial charge in [0.1, 0.15) is 5.65 Å². The Morgan fingerprint density at radius 1 is 1.14 bits per heavy atom. The van der Waals surface area contributed by atoms with Crippen LogP contribution in [0.25, 0.3) is 5.65 Å². The van der Waals surface area contributed by atoms with E-state index in [0.717, 1.165) is 24.4 Å². The van der Waals surface area contributed by atoms with E-state index >= 15 is 0 Å². The maximum atomic E-state index is 8.80. The standard InChI is InChI=1S/C17H16N4/c1-20(11-15-7-5-14(10-18)6-8-15)12-16-13-21-9-3-2-4-17(21)19-16/h2-9,13H,11-12H2,1H3. The number of aromatic nitrogens is 2. The molecule has 3 aromatic rings. The summed E-state index contributed by atoms with van der Waals surface area (Å²) in [6.07, 6.45) is 4.07. The molecule has 0 atom stereocenters. The third-order valence-electron chi connectivity index (χ3n) is 3.38. The van der Waals surface area contributed by atoms with E-state index in [1.54, 1.807) is 0 Å². The van der Waals surface area contributed by atoms with Gasteiger partial charge in [0.2, 0.25) is 0 Å².